The fraction of sp³-hybridized carbons (Fsp3) is 0.357. The predicted molar refractivity (Wildman–Crippen MR) is 71.3 cm³/mol. The Morgan fingerprint density at radius 2 is 2.06 bits per heavy atom. The number of imidazole rings is 1. The van der Waals surface area contributed by atoms with Gasteiger partial charge in [0.1, 0.15) is 18.2 Å². The van der Waals surface area contributed by atoms with Crippen LogP contribution < -0.4 is 10.5 Å². The zero-order valence-corrected chi connectivity index (χ0v) is 10.8. The number of rotatable bonds is 5. The van der Waals surface area contributed by atoms with E-state index in [9.17, 15) is 0 Å². The Balaban J connectivity index is 1.98. The first kappa shape index (κ1) is 12.6. The van der Waals surface area contributed by atoms with E-state index in [-0.39, 0.29) is 6.04 Å². The average molecular weight is 245 g/mol. The number of hydrogen-bond acceptors (Lipinski definition) is 3. The number of ether oxygens (including phenoxy) is 1. The summed E-state index contributed by atoms with van der Waals surface area (Å²) in [5.41, 5.74) is 6.91. The normalized spacial score (nSPS) is 12.4. The summed E-state index contributed by atoms with van der Waals surface area (Å²) in [5, 5.41) is 0. The molecule has 1 aromatic heterocycles. The number of benzene rings is 1. The van der Waals surface area contributed by atoms with E-state index in [1.807, 2.05) is 37.4 Å². The molecule has 0 aliphatic carbocycles. The molecule has 0 radical (unpaired) electrons. The Morgan fingerprint density at radius 3 is 2.67 bits per heavy atom. The van der Waals surface area contributed by atoms with Crippen molar-refractivity contribution in [3.8, 4) is 5.75 Å². The molecular weight excluding hydrogens is 226 g/mol. The molecule has 1 heterocycles. The molecule has 1 aromatic carbocycles. The largest absolute Gasteiger partial charge is 0.486 e. The highest BCUT2D eigenvalue weighted by Gasteiger charge is 2.03. The SMILES string of the molecule is CCn1ccnc1COc1ccc([C@@H](C)N)cc1. The first-order chi connectivity index (χ1) is 8.70. The van der Waals surface area contributed by atoms with Gasteiger partial charge < -0.3 is 15.0 Å². The molecule has 0 saturated heterocycles. The van der Waals surface area contributed by atoms with Crippen molar-refractivity contribution in [2.45, 2.75) is 33.0 Å². The van der Waals surface area contributed by atoms with Gasteiger partial charge in [-0.1, -0.05) is 12.1 Å². The van der Waals surface area contributed by atoms with E-state index in [2.05, 4.69) is 16.5 Å². The lowest BCUT2D eigenvalue weighted by molar-refractivity contribution is 0.290. The summed E-state index contributed by atoms with van der Waals surface area (Å²) in [6.07, 6.45) is 3.75. The van der Waals surface area contributed by atoms with Crippen LogP contribution in [-0.2, 0) is 13.2 Å². The molecule has 0 amide bonds. The van der Waals surface area contributed by atoms with Gasteiger partial charge >= 0.3 is 0 Å². The second kappa shape index (κ2) is 5.69. The highest BCUT2D eigenvalue weighted by atomic mass is 16.5. The molecule has 0 fully saturated rings. The van der Waals surface area contributed by atoms with Gasteiger partial charge in [-0.2, -0.15) is 0 Å². The number of nitrogens with two attached hydrogens (primary N) is 1. The lowest BCUT2D eigenvalue weighted by Gasteiger charge is -2.09. The van der Waals surface area contributed by atoms with Crippen LogP contribution in [0.2, 0.25) is 0 Å². The molecule has 4 heteroatoms. The zero-order chi connectivity index (χ0) is 13.0. The second-order valence-corrected chi connectivity index (χ2v) is 4.28. The van der Waals surface area contributed by atoms with Crippen LogP contribution in [0.25, 0.3) is 0 Å². The maximum atomic E-state index is 5.80. The lowest BCUT2D eigenvalue weighted by atomic mass is 10.1. The predicted octanol–water partition coefficient (Wildman–Crippen LogP) is 2.50. The van der Waals surface area contributed by atoms with Gasteiger partial charge in [-0.25, -0.2) is 4.98 Å². The van der Waals surface area contributed by atoms with Crippen LogP contribution in [0.3, 0.4) is 0 Å². The molecule has 96 valence electrons. The summed E-state index contributed by atoms with van der Waals surface area (Å²) < 4.78 is 7.77. The van der Waals surface area contributed by atoms with Gasteiger partial charge in [0.15, 0.2) is 0 Å². The maximum absolute atomic E-state index is 5.80. The van der Waals surface area contributed by atoms with Gasteiger partial charge in [0.05, 0.1) is 0 Å². The third kappa shape index (κ3) is 2.90. The Labute approximate surface area is 107 Å². The van der Waals surface area contributed by atoms with E-state index in [1.54, 1.807) is 6.20 Å². The molecular formula is C14H19N3O. The van der Waals surface area contributed by atoms with Crippen molar-refractivity contribution in [1.29, 1.82) is 0 Å². The van der Waals surface area contributed by atoms with Crippen molar-refractivity contribution < 1.29 is 4.74 Å². The first-order valence-electron chi connectivity index (χ1n) is 6.19. The second-order valence-electron chi connectivity index (χ2n) is 4.28. The highest BCUT2D eigenvalue weighted by molar-refractivity contribution is 5.28. The standard InChI is InChI=1S/C14H19N3O/c1-3-17-9-8-16-14(17)10-18-13-6-4-12(5-7-13)11(2)15/h4-9,11H,3,10,15H2,1-2H3/t11-/m1/s1. The van der Waals surface area contributed by atoms with Crippen molar-refractivity contribution in [3.63, 3.8) is 0 Å². The fourth-order valence-electron chi connectivity index (χ4n) is 1.78. The quantitative estimate of drug-likeness (QED) is 0.880. The third-order valence-corrected chi connectivity index (χ3v) is 2.92. The number of hydrogen-bond donors (Lipinski definition) is 1. The molecule has 18 heavy (non-hydrogen) atoms. The van der Waals surface area contributed by atoms with E-state index >= 15 is 0 Å². The Kier molecular flexibility index (Phi) is 3.99. The van der Waals surface area contributed by atoms with Crippen molar-refractivity contribution in [2.24, 2.45) is 5.73 Å². The minimum Gasteiger partial charge on any atom is -0.486 e. The van der Waals surface area contributed by atoms with E-state index in [1.165, 1.54) is 0 Å². The maximum Gasteiger partial charge on any atom is 0.146 e. The van der Waals surface area contributed by atoms with E-state index in [4.69, 9.17) is 10.5 Å². The zero-order valence-electron chi connectivity index (χ0n) is 10.8. The van der Waals surface area contributed by atoms with Crippen LogP contribution in [0, 0.1) is 0 Å². The van der Waals surface area contributed by atoms with Crippen LogP contribution in [0.5, 0.6) is 5.75 Å². The lowest BCUT2D eigenvalue weighted by Crippen LogP contribution is -2.06. The van der Waals surface area contributed by atoms with Crippen LogP contribution in [-0.4, -0.2) is 9.55 Å². The van der Waals surface area contributed by atoms with Gasteiger partial charge in [-0.15, -0.1) is 0 Å². The summed E-state index contributed by atoms with van der Waals surface area (Å²) in [5.74, 6) is 1.78. The van der Waals surface area contributed by atoms with Crippen LogP contribution in [0.15, 0.2) is 36.7 Å². The minimum atomic E-state index is 0.0537. The van der Waals surface area contributed by atoms with Crippen molar-refractivity contribution >= 4 is 0 Å². The molecule has 0 saturated carbocycles. The average Bonchev–Trinajstić information content (AvgIpc) is 2.84. The first-order valence-corrected chi connectivity index (χ1v) is 6.19. The van der Waals surface area contributed by atoms with Crippen LogP contribution >= 0.6 is 0 Å². The molecule has 0 spiro atoms. The van der Waals surface area contributed by atoms with Crippen molar-refractivity contribution in [3.05, 3.63) is 48.0 Å². The van der Waals surface area contributed by atoms with Crippen LogP contribution in [0.1, 0.15) is 31.3 Å². The van der Waals surface area contributed by atoms with Gasteiger partial charge in [0, 0.05) is 25.0 Å². The third-order valence-electron chi connectivity index (χ3n) is 2.92. The summed E-state index contributed by atoms with van der Waals surface area (Å²) in [4.78, 5) is 4.27. The summed E-state index contributed by atoms with van der Waals surface area (Å²) in [6, 6.07) is 7.92. The number of aryl methyl sites for hydroxylation is 1. The summed E-state index contributed by atoms with van der Waals surface area (Å²) in [7, 11) is 0. The molecule has 1 atom stereocenters. The molecule has 4 nitrogen and oxygen atoms in total. The van der Waals surface area contributed by atoms with E-state index in [0.717, 1.165) is 23.7 Å². The van der Waals surface area contributed by atoms with Crippen molar-refractivity contribution in [1.82, 2.24) is 9.55 Å². The van der Waals surface area contributed by atoms with Gasteiger partial charge in [0.25, 0.3) is 0 Å². The smallest absolute Gasteiger partial charge is 0.146 e. The molecule has 0 aliphatic heterocycles. The van der Waals surface area contributed by atoms with Gasteiger partial charge in [-0.3, -0.25) is 0 Å². The van der Waals surface area contributed by atoms with E-state index in [0.29, 0.717) is 6.61 Å². The number of nitrogens with zero attached hydrogens (tertiary/aromatic N) is 2. The minimum absolute atomic E-state index is 0.0537. The van der Waals surface area contributed by atoms with Crippen LogP contribution in [0.4, 0.5) is 0 Å². The Bertz CT molecular complexity index is 488. The topological polar surface area (TPSA) is 53.1 Å². The Hall–Kier alpha value is -1.81. The molecule has 2 rings (SSSR count). The monoisotopic (exact) mass is 245 g/mol. The molecule has 2 aromatic rings. The summed E-state index contributed by atoms with van der Waals surface area (Å²) in [6.45, 7) is 5.44. The summed E-state index contributed by atoms with van der Waals surface area (Å²) >= 11 is 0. The highest BCUT2D eigenvalue weighted by Crippen LogP contribution is 2.17. The Morgan fingerprint density at radius 1 is 1.33 bits per heavy atom. The molecule has 0 bridgehead atoms. The van der Waals surface area contributed by atoms with Crippen molar-refractivity contribution in [2.75, 3.05) is 0 Å². The van der Waals surface area contributed by atoms with Gasteiger partial charge in [0.2, 0.25) is 0 Å². The molecule has 2 N–H and O–H groups in total. The van der Waals surface area contributed by atoms with E-state index < -0.39 is 0 Å². The number of aromatic nitrogens is 2. The fourth-order valence-corrected chi connectivity index (χ4v) is 1.78. The molecule has 0 aliphatic rings. The van der Waals surface area contributed by atoms with Gasteiger partial charge in [-0.05, 0) is 31.5 Å². The molecule has 0 unspecified atom stereocenters.